The second-order valence-corrected chi connectivity index (χ2v) is 6.60. The minimum absolute atomic E-state index is 0.00241. The molecule has 1 aliphatic carbocycles. The second-order valence-electron chi connectivity index (χ2n) is 6.60. The zero-order valence-corrected chi connectivity index (χ0v) is 13.9. The molecule has 5 heteroatoms. The molecule has 0 atom stereocenters. The zero-order chi connectivity index (χ0) is 16.5. The number of carbonyl (C=O) groups is 1. The zero-order valence-electron chi connectivity index (χ0n) is 13.9. The topological polar surface area (TPSA) is 62.7 Å². The average Bonchev–Trinajstić information content (AvgIpc) is 3.28. The summed E-state index contributed by atoms with van der Waals surface area (Å²) in [5, 5.41) is 8.58. The SMILES string of the molecule is Cc1[nH]c2ccccc2c1CC(=O)Nc1ccnn1C1CCCC1. The van der Waals surface area contributed by atoms with Crippen LogP contribution in [-0.2, 0) is 11.2 Å². The number of amides is 1. The van der Waals surface area contributed by atoms with Gasteiger partial charge in [-0.2, -0.15) is 5.10 Å². The van der Waals surface area contributed by atoms with E-state index in [1.165, 1.54) is 12.8 Å². The molecule has 1 aromatic carbocycles. The van der Waals surface area contributed by atoms with E-state index in [0.29, 0.717) is 12.5 Å². The van der Waals surface area contributed by atoms with Crippen molar-refractivity contribution in [3.05, 3.63) is 47.8 Å². The van der Waals surface area contributed by atoms with Crippen LogP contribution in [0.3, 0.4) is 0 Å². The number of anilines is 1. The van der Waals surface area contributed by atoms with E-state index in [1.54, 1.807) is 6.20 Å². The van der Waals surface area contributed by atoms with Gasteiger partial charge in [-0.05, 0) is 31.4 Å². The van der Waals surface area contributed by atoms with E-state index in [0.717, 1.165) is 40.8 Å². The lowest BCUT2D eigenvalue weighted by molar-refractivity contribution is -0.115. The molecule has 24 heavy (non-hydrogen) atoms. The minimum Gasteiger partial charge on any atom is -0.358 e. The number of nitrogens with zero attached hydrogens (tertiary/aromatic N) is 2. The van der Waals surface area contributed by atoms with Crippen LogP contribution in [0.1, 0.15) is 43.0 Å². The van der Waals surface area contributed by atoms with Gasteiger partial charge in [0.15, 0.2) is 0 Å². The molecule has 0 unspecified atom stereocenters. The number of hydrogen-bond acceptors (Lipinski definition) is 2. The number of hydrogen-bond donors (Lipinski definition) is 2. The second kappa shape index (κ2) is 6.15. The molecule has 1 saturated carbocycles. The number of aromatic nitrogens is 3. The van der Waals surface area contributed by atoms with Gasteiger partial charge in [-0.25, -0.2) is 4.68 Å². The molecular formula is C19H22N4O. The van der Waals surface area contributed by atoms with Crippen molar-refractivity contribution in [3.8, 4) is 0 Å². The highest BCUT2D eigenvalue weighted by Crippen LogP contribution is 2.31. The summed E-state index contributed by atoms with van der Waals surface area (Å²) in [6.45, 7) is 2.02. The van der Waals surface area contributed by atoms with E-state index in [1.807, 2.05) is 35.9 Å². The monoisotopic (exact) mass is 322 g/mol. The lowest BCUT2D eigenvalue weighted by Crippen LogP contribution is -2.19. The predicted octanol–water partition coefficient (Wildman–Crippen LogP) is 3.97. The van der Waals surface area contributed by atoms with E-state index in [-0.39, 0.29) is 5.91 Å². The van der Waals surface area contributed by atoms with Gasteiger partial charge in [-0.3, -0.25) is 4.79 Å². The van der Waals surface area contributed by atoms with Gasteiger partial charge < -0.3 is 10.3 Å². The first-order valence-electron chi connectivity index (χ1n) is 8.62. The summed E-state index contributed by atoms with van der Waals surface area (Å²) < 4.78 is 1.98. The van der Waals surface area contributed by atoms with E-state index >= 15 is 0 Å². The number of aryl methyl sites for hydroxylation is 1. The number of H-pyrrole nitrogens is 1. The van der Waals surface area contributed by atoms with E-state index in [9.17, 15) is 4.79 Å². The maximum Gasteiger partial charge on any atom is 0.230 e. The lowest BCUT2D eigenvalue weighted by Gasteiger charge is -2.14. The van der Waals surface area contributed by atoms with Crippen molar-refractivity contribution < 1.29 is 4.79 Å². The number of rotatable bonds is 4. The Bertz CT molecular complexity index is 871. The maximum atomic E-state index is 12.6. The fourth-order valence-electron chi connectivity index (χ4n) is 3.76. The van der Waals surface area contributed by atoms with Crippen molar-refractivity contribution in [2.45, 2.75) is 45.1 Å². The van der Waals surface area contributed by atoms with Crippen molar-refractivity contribution in [2.24, 2.45) is 0 Å². The Morgan fingerprint density at radius 2 is 2.08 bits per heavy atom. The van der Waals surface area contributed by atoms with Gasteiger partial charge in [0.05, 0.1) is 18.7 Å². The van der Waals surface area contributed by atoms with Gasteiger partial charge in [0.1, 0.15) is 5.82 Å². The quantitative estimate of drug-likeness (QED) is 0.763. The summed E-state index contributed by atoms with van der Waals surface area (Å²) in [6.07, 6.45) is 6.91. The third kappa shape index (κ3) is 2.70. The van der Waals surface area contributed by atoms with Gasteiger partial charge in [0.2, 0.25) is 5.91 Å². The Hall–Kier alpha value is -2.56. The summed E-state index contributed by atoms with van der Waals surface area (Å²) in [5.74, 6) is 0.812. The first-order valence-corrected chi connectivity index (χ1v) is 8.62. The van der Waals surface area contributed by atoms with E-state index in [4.69, 9.17) is 0 Å². The highest BCUT2D eigenvalue weighted by atomic mass is 16.1. The Labute approximate surface area is 141 Å². The smallest absolute Gasteiger partial charge is 0.230 e. The fourth-order valence-corrected chi connectivity index (χ4v) is 3.76. The molecule has 0 bridgehead atoms. The van der Waals surface area contributed by atoms with Crippen LogP contribution in [0, 0.1) is 6.92 Å². The molecule has 2 aromatic heterocycles. The van der Waals surface area contributed by atoms with Crippen molar-refractivity contribution >= 4 is 22.6 Å². The number of carbonyl (C=O) groups excluding carboxylic acids is 1. The maximum absolute atomic E-state index is 12.6. The Kier molecular flexibility index (Phi) is 3.84. The normalized spacial score (nSPS) is 15.2. The highest BCUT2D eigenvalue weighted by molar-refractivity contribution is 5.95. The number of benzene rings is 1. The third-order valence-electron chi connectivity index (χ3n) is 4.97. The molecule has 124 valence electrons. The van der Waals surface area contributed by atoms with Crippen molar-refractivity contribution in [1.82, 2.24) is 14.8 Å². The van der Waals surface area contributed by atoms with Crippen LogP contribution in [0.4, 0.5) is 5.82 Å². The molecule has 2 heterocycles. The van der Waals surface area contributed by atoms with Gasteiger partial charge in [-0.15, -0.1) is 0 Å². The molecule has 3 aromatic rings. The summed E-state index contributed by atoms with van der Waals surface area (Å²) in [6, 6.07) is 10.4. The number of para-hydroxylation sites is 1. The van der Waals surface area contributed by atoms with E-state index in [2.05, 4.69) is 21.5 Å². The highest BCUT2D eigenvalue weighted by Gasteiger charge is 2.21. The van der Waals surface area contributed by atoms with Crippen molar-refractivity contribution in [2.75, 3.05) is 5.32 Å². The lowest BCUT2D eigenvalue weighted by atomic mass is 10.1. The van der Waals surface area contributed by atoms with Crippen LogP contribution in [0.5, 0.6) is 0 Å². The van der Waals surface area contributed by atoms with Crippen molar-refractivity contribution in [3.63, 3.8) is 0 Å². The molecular weight excluding hydrogens is 300 g/mol. The summed E-state index contributed by atoms with van der Waals surface area (Å²) in [4.78, 5) is 15.9. The Morgan fingerprint density at radius 1 is 1.29 bits per heavy atom. The van der Waals surface area contributed by atoms with Gasteiger partial charge >= 0.3 is 0 Å². The molecule has 1 amide bonds. The predicted molar refractivity (Wildman–Crippen MR) is 95.1 cm³/mol. The first-order chi connectivity index (χ1) is 11.7. The van der Waals surface area contributed by atoms with Crippen molar-refractivity contribution in [1.29, 1.82) is 0 Å². The molecule has 2 N–H and O–H groups in total. The Morgan fingerprint density at radius 3 is 2.92 bits per heavy atom. The summed E-state index contributed by atoms with van der Waals surface area (Å²) in [5.41, 5.74) is 3.19. The standard InChI is InChI=1S/C19H22N4O/c1-13-16(15-8-4-5-9-17(15)21-13)12-19(24)22-18-10-11-20-23(18)14-6-2-3-7-14/h4-5,8-11,14,21H,2-3,6-7,12H2,1H3,(H,22,24). The summed E-state index contributed by atoms with van der Waals surface area (Å²) >= 11 is 0. The first kappa shape index (κ1) is 15.0. The molecule has 4 rings (SSSR count). The van der Waals surface area contributed by atoms with Crippen LogP contribution in [0.2, 0.25) is 0 Å². The van der Waals surface area contributed by atoms with Crippen LogP contribution in [-0.4, -0.2) is 20.7 Å². The van der Waals surface area contributed by atoms with Gasteiger partial charge in [-0.1, -0.05) is 31.0 Å². The number of nitrogens with one attached hydrogen (secondary N) is 2. The molecule has 5 nitrogen and oxygen atoms in total. The van der Waals surface area contributed by atoms with Crippen LogP contribution in [0.15, 0.2) is 36.5 Å². The average molecular weight is 322 g/mol. The fraction of sp³-hybridized carbons (Fsp3) is 0.368. The molecule has 1 aliphatic rings. The van der Waals surface area contributed by atoms with Crippen LogP contribution in [0.25, 0.3) is 10.9 Å². The number of aromatic amines is 1. The molecule has 0 saturated heterocycles. The molecule has 1 fully saturated rings. The van der Waals surface area contributed by atoms with Gasteiger partial charge in [0, 0.05) is 22.7 Å². The molecule has 0 radical (unpaired) electrons. The van der Waals surface area contributed by atoms with Gasteiger partial charge in [0.25, 0.3) is 0 Å². The molecule has 0 aliphatic heterocycles. The molecule has 0 spiro atoms. The minimum atomic E-state index is 0.00241. The van der Waals surface area contributed by atoms with E-state index < -0.39 is 0 Å². The number of fused-ring (bicyclic) bond motifs is 1. The third-order valence-corrected chi connectivity index (χ3v) is 4.97. The largest absolute Gasteiger partial charge is 0.358 e. The van der Waals surface area contributed by atoms with Crippen LogP contribution < -0.4 is 5.32 Å². The Balaban J connectivity index is 1.53. The van der Waals surface area contributed by atoms with Crippen LogP contribution >= 0.6 is 0 Å². The summed E-state index contributed by atoms with van der Waals surface area (Å²) in [7, 11) is 0.